The average Bonchev–Trinajstić information content (AvgIpc) is 3.20. The lowest BCUT2D eigenvalue weighted by Gasteiger charge is -2.26. The molecule has 190 valence electrons. The van der Waals surface area contributed by atoms with Gasteiger partial charge in [-0.3, -0.25) is 0 Å². The number of para-hydroxylation sites is 1. The van der Waals surface area contributed by atoms with E-state index in [0.29, 0.717) is 0 Å². The van der Waals surface area contributed by atoms with Gasteiger partial charge in [0.2, 0.25) is 5.69 Å². The van der Waals surface area contributed by atoms with Gasteiger partial charge in [-0.25, -0.2) is 0 Å². The van der Waals surface area contributed by atoms with E-state index in [-0.39, 0.29) is 10.8 Å². The molecule has 0 amide bonds. The Morgan fingerprint density at radius 2 is 1.58 bits per heavy atom. The normalized spacial score (nSPS) is 19.2. The van der Waals surface area contributed by atoms with E-state index in [9.17, 15) is 0 Å². The molecule has 36 heavy (non-hydrogen) atoms. The molecule has 2 aromatic carbocycles. The van der Waals surface area contributed by atoms with Crippen molar-refractivity contribution in [3.63, 3.8) is 0 Å². The van der Waals surface area contributed by atoms with Crippen molar-refractivity contribution in [3.8, 4) is 0 Å². The van der Waals surface area contributed by atoms with Crippen molar-refractivity contribution >= 4 is 17.1 Å². The maximum Gasteiger partial charge on any atom is 0.210 e. The third kappa shape index (κ3) is 4.51. The van der Waals surface area contributed by atoms with Gasteiger partial charge in [-0.2, -0.15) is 4.58 Å². The predicted molar refractivity (Wildman–Crippen MR) is 157 cm³/mol. The van der Waals surface area contributed by atoms with Gasteiger partial charge in [-0.15, -0.1) is 0 Å². The lowest BCUT2D eigenvalue weighted by molar-refractivity contribution is -0.437. The first-order chi connectivity index (χ1) is 17.3. The van der Waals surface area contributed by atoms with E-state index in [1.807, 2.05) is 0 Å². The number of fused-ring (bicyclic) bond motifs is 2. The highest BCUT2D eigenvalue weighted by Crippen LogP contribution is 2.47. The van der Waals surface area contributed by atoms with Crippen molar-refractivity contribution in [2.45, 2.75) is 85.0 Å². The summed E-state index contributed by atoms with van der Waals surface area (Å²) in [6.07, 6.45) is 15.9. The number of nitrogens with zero attached hydrogens (tertiary/aromatic N) is 2. The summed E-state index contributed by atoms with van der Waals surface area (Å²) in [5.74, 6) is 0. The van der Waals surface area contributed by atoms with Crippen LogP contribution in [0.25, 0.3) is 0 Å². The highest BCUT2D eigenvalue weighted by molar-refractivity contribution is 6.03. The van der Waals surface area contributed by atoms with Crippen LogP contribution in [0.1, 0.15) is 84.4 Å². The molecule has 0 saturated carbocycles. The fourth-order valence-corrected chi connectivity index (χ4v) is 6.33. The Bertz CT molecular complexity index is 1220. The van der Waals surface area contributed by atoms with Crippen LogP contribution in [-0.4, -0.2) is 23.4 Å². The summed E-state index contributed by atoms with van der Waals surface area (Å²) in [5.41, 5.74) is 10.0. The molecule has 0 aromatic heterocycles. The van der Waals surface area contributed by atoms with Gasteiger partial charge in [0.15, 0.2) is 5.71 Å². The lowest BCUT2D eigenvalue weighted by Crippen LogP contribution is -2.28. The zero-order valence-corrected chi connectivity index (χ0v) is 23.6. The molecule has 2 aliphatic heterocycles. The number of hydrogen-bond acceptors (Lipinski definition) is 1. The summed E-state index contributed by atoms with van der Waals surface area (Å²) in [5, 5.41) is 0. The summed E-state index contributed by atoms with van der Waals surface area (Å²) >= 11 is 0. The Balaban J connectivity index is 1.64. The van der Waals surface area contributed by atoms with Crippen LogP contribution in [-0.2, 0) is 17.3 Å². The Morgan fingerprint density at radius 1 is 0.806 bits per heavy atom. The fourth-order valence-electron chi connectivity index (χ4n) is 6.33. The summed E-state index contributed by atoms with van der Waals surface area (Å²) in [6, 6.07) is 15.8. The highest BCUT2D eigenvalue weighted by Gasteiger charge is 2.45. The van der Waals surface area contributed by atoms with Gasteiger partial charge in [0.1, 0.15) is 6.54 Å². The molecule has 0 bridgehead atoms. The number of hydrogen-bond donors (Lipinski definition) is 0. The molecular formula is C34H45N2+. The largest absolute Gasteiger partial charge is 0.344 e. The van der Waals surface area contributed by atoms with Gasteiger partial charge in [-0.1, -0.05) is 89.6 Å². The van der Waals surface area contributed by atoms with E-state index >= 15 is 0 Å². The Kier molecular flexibility index (Phi) is 7.73. The van der Waals surface area contributed by atoms with Gasteiger partial charge >= 0.3 is 0 Å². The molecule has 2 aromatic rings. The van der Waals surface area contributed by atoms with Crippen molar-refractivity contribution in [2.24, 2.45) is 0 Å². The van der Waals surface area contributed by atoms with Crippen LogP contribution in [0.3, 0.4) is 0 Å². The second kappa shape index (κ2) is 10.6. The van der Waals surface area contributed by atoms with Crippen LogP contribution in [0.15, 0.2) is 78.5 Å². The zero-order chi connectivity index (χ0) is 25.9. The average molecular weight is 482 g/mol. The van der Waals surface area contributed by atoms with Crippen molar-refractivity contribution in [2.75, 3.05) is 18.0 Å². The predicted octanol–water partition coefficient (Wildman–Crippen LogP) is 8.63. The topological polar surface area (TPSA) is 6.25 Å². The molecule has 0 radical (unpaired) electrons. The zero-order valence-electron chi connectivity index (χ0n) is 23.6. The highest BCUT2D eigenvalue weighted by atomic mass is 15.2. The minimum atomic E-state index is 0.00604. The van der Waals surface area contributed by atoms with Crippen molar-refractivity contribution in [1.82, 2.24) is 0 Å². The van der Waals surface area contributed by atoms with Gasteiger partial charge in [0.05, 0.1) is 5.41 Å². The third-order valence-electron chi connectivity index (χ3n) is 7.92. The van der Waals surface area contributed by atoms with Crippen LogP contribution >= 0.6 is 0 Å². The summed E-state index contributed by atoms with van der Waals surface area (Å²) < 4.78 is 2.55. The Morgan fingerprint density at radius 3 is 2.31 bits per heavy atom. The van der Waals surface area contributed by atoms with Gasteiger partial charge in [0.25, 0.3) is 0 Å². The van der Waals surface area contributed by atoms with Crippen molar-refractivity contribution in [3.05, 3.63) is 95.2 Å². The third-order valence-corrected chi connectivity index (χ3v) is 7.92. The summed E-state index contributed by atoms with van der Waals surface area (Å²) in [7, 11) is 0. The molecule has 0 saturated heterocycles. The lowest BCUT2D eigenvalue weighted by atomic mass is 9.78. The quantitative estimate of drug-likeness (QED) is 0.257. The summed E-state index contributed by atoms with van der Waals surface area (Å²) in [4.78, 5) is 2.51. The molecule has 4 rings (SSSR count). The first kappa shape index (κ1) is 26.2. The van der Waals surface area contributed by atoms with Crippen LogP contribution in [0.2, 0.25) is 0 Å². The Labute approximate surface area is 219 Å². The van der Waals surface area contributed by atoms with Gasteiger partial charge < -0.3 is 4.90 Å². The van der Waals surface area contributed by atoms with Crippen LogP contribution in [0.5, 0.6) is 0 Å². The van der Waals surface area contributed by atoms with Crippen LogP contribution in [0.4, 0.5) is 11.4 Å². The van der Waals surface area contributed by atoms with E-state index in [4.69, 9.17) is 0 Å². The number of anilines is 1. The SMILES string of the molecule is CCCc1cccc2c1C(C)(C)C(C=CC=CC=C1N(CCC)c3ccccc3C1(C)C)=[N+]2CCC. The molecule has 0 spiro atoms. The molecule has 2 aliphatic rings. The summed E-state index contributed by atoms with van der Waals surface area (Å²) in [6.45, 7) is 18.4. The molecule has 0 unspecified atom stereocenters. The van der Waals surface area contributed by atoms with Crippen molar-refractivity contribution in [1.29, 1.82) is 0 Å². The maximum atomic E-state index is 2.55. The number of allylic oxidation sites excluding steroid dienone is 6. The maximum absolute atomic E-state index is 2.55. The molecule has 0 atom stereocenters. The molecular weight excluding hydrogens is 436 g/mol. The van der Waals surface area contributed by atoms with Crippen molar-refractivity contribution < 1.29 is 4.58 Å². The molecule has 2 heterocycles. The number of rotatable bonds is 9. The van der Waals surface area contributed by atoms with E-state index in [0.717, 1.165) is 32.4 Å². The molecule has 0 fully saturated rings. The molecule has 0 N–H and O–H groups in total. The van der Waals surface area contributed by atoms with Crippen LogP contribution < -0.4 is 4.90 Å². The van der Waals surface area contributed by atoms with Crippen LogP contribution in [0, 0.1) is 0 Å². The molecule has 2 heteroatoms. The Hall–Kier alpha value is -2.87. The second-order valence-electron chi connectivity index (χ2n) is 11.3. The smallest absolute Gasteiger partial charge is 0.210 e. The first-order valence-corrected chi connectivity index (χ1v) is 14.0. The minimum absolute atomic E-state index is 0.00604. The monoisotopic (exact) mass is 481 g/mol. The molecule has 0 aliphatic carbocycles. The number of aryl methyl sites for hydroxylation is 1. The fraction of sp³-hybridized carbons (Fsp3) is 0.441. The minimum Gasteiger partial charge on any atom is -0.344 e. The van der Waals surface area contributed by atoms with E-state index in [1.165, 1.54) is 45.9 Å². The second-order valence-corrected chi connectivity index (χ2v) is 11.3. The first-order valence-electron chi connectivity index (χ1n) is 14.0. The van der Waals surface area contributed by atoms with Gasteiger partial charge in [-0.05, 0) is 50.0 Å². The van der Waals surface area contributed by atoms with E-state index < -0.39 is 0 Å². The van der Waals surface area contributed by atoms with Gasteiger partial charge in [0, 0.05) is 47.5 Å². The molecule has 2 nitrogen and oxygen atoms in total. The van der Waals surface area contributed by atoms with E-state index in [1.54, 1.807) is 0 Å². The standard InChI is InChI=1S/C34H45N2/c1-8-17-26-18-16-21-29-32(26)34(6,7)31(36(29)25-10-3)23-13-11-12-22-30-33(4,5)27-19-14-15-20-28(27)35(30)24-9-2/h11-16,18-23H,8-10,17,24-25H2,1-7H3/q+1. The van der Waals surface area contributed by atoms with E-state index in [2.05, 4.69) is 131 Å². The number of benzene rings is 2.